The van der Waals surface area contributed by atoms with E-state index < -0.39 is 0 Å². The summed E-state index contributed by atoms with van der Waals surface area (Å²) in [6, 6.07) is 4.90. The standard InChI is InChI=1S/C11H14FNOS/c1-4-14-10-6-5-8(7-9(10)12)11(13-2)15-3/h5-7H,4H2,1-3H3. The van der Waals surface area contributed by atoms with E-state index in [2.05, 4.69) is 4.99 Å². The van der Waals surface area contributed by atoms with Crippen LogP contribution in [-0.2, 0) is 0 Å². The first-order valence-corrected chi connectivity index (χ1v) is 5.88. The van der Waals surface area contributed by atoms with Gasteiger partial charge in [0.05, 0.1) is 11.7 Å². The average Bonchev–Trinajstić information content (AvgIpc) is 2.24. The van der Waals surface area contributed by atoms with E-state index >= 15 is 0 Å². The van der Waals surface area contributed by atoms with Crippen molar-refractivity contribution >= 4 is 16.8 Å². The molecule has 0 atom stereocenters. The van der Waals surface area contributed by atoms with Crippen molar-refractivity contribution in [2.75, 3.05) is 19.9 Å². The van der Waals surface area contributed by atoms with Gasteiger partial charge in [-0.25, -0.2) is 4.39 Å². The molecule has 0 fully saturated rings. The van der Waals surface area contributed by atoms with Gasteiger partial charge in [0, 0.05) is 12.6 Å². The second-order valence-corrected chi connectivity index (χ2v) is 3.61. The van der Waals surface area contributed by atoms with Crippen molar-refractivity contribution in [2.24, 2.45) is 4.99 Å². The number of thioether (sulfide) groups is 1. The van der Waals surface area contributed by atoms with Gasteiger partial charge in [-0.15, -0.1) is 11.8 Å². The second kappa shape index (κ2) is 5.75. The van der Waals surface area contributed by atoms with E-state index in [4.69, 9.17) is 4.74 Å². The minimum Gasteiger partial charge on any atom is -0.491 e. The van der Waals surface area contributed by atoms with Gasteiger partial charge in [-0.1, -0.05) is 0 Å². The molecule has 15 heavy (non-hydrogen) atoms. The van der Waals surface area contributed by atoms with E-state index in [0.717, 1.165) is 10.6 Å². The van der Waals surface area contributed by atoms with Gasteiger partial charge >= 0.3 is 0 Å². The van der Waals surface area contributed by atoms with Crippen molar-refractivity contribution in [2.45, 2.75) is 6.92 Å². The highest BCUT2D eigenvalue weighted by Gasteiger charge is 2.07. The quantitative estimate of drug-likeness (QED) is 0.585. The lowest BCUT2D eigenvalue weighted by molar-refractivity contribution is 0.321. The summed E-state index contributed by atoms with van der Waals surface area (Å²) in [5, 5.41) is 0.817. The molecule has 0 saturated heterocycles. The number of ether oxygens (including phenoxy) is 1. The summed E-state index contributed by atoms with van der Waals surface area (Å²) < 4.78 is 18.6. The molecular weight excluding hydrogens is 213 g/mol. The molecular formula is C11H14FNOS. The third kappa shape index (κ3) is 2.96. The van der Waals surface area contributed by atoms with Gasteiger partial charge in [-0.3, -0.25) is 4.99 Å². The van der Waals surface area contributed by atoms with Crippen LogP contribution in [0, 0.1) is 5.82 Å². The highest BCUT2D eigenvalue weighted by atomic mass is 32.2. The number of hydrogen-bond acceptors (Lipinski definition) is 3. The Labute approximate surface area is 93.6 Å². The summed E-state index contributed by atoms with van der Waals surface area (Å²) >= 11 is 1.49. The third-order valence-corrected chi connectivity index (χ3v) is 2.68. The van der Waals surface area contributed by atoms with E-state index in [0.29, 0.717) is 6.61 Å². The van der Waals surface area contributed by atoms with E-state index in [1.807, 2.05) is 19.2 Å². The van der Waals surface area contributed by atoms with Gasteiger partial charge < -0.3 is 4.74 Å². The zero-order valence-electron chi connectivity index (χ0n) is 9.08. The Morgan fingerprint density at radius 2 is 2.27 bits per heavy atom. The molecule has 1 aromatic rings. The fraction of sp³-hybridized carbons (Fsp3) is 0.364. The molecule has 0 radical (unpaired) electrons. The molecule has 0 aliphatic rings. The lowest BCUT2D eigenvalue weighted by Gasteiger charge is -2.07. The van der Waals surface area contributed by atoms with Gasteiger partial charge in [-0.05, 0) is 31.4 Å². The van der Waals surface area contributed by atoms with Gasteiger partial charge in [0.1, 0.15) is 0 Å². The maximum atomic E-state index is 13.5. The Morgan fingerprint density at radius 3 is 2.73 bits per heavy atom. The topological polar surface area (TPSA) is 21.6 Å². The molecule has 0 saturated carbocycles. The van der Waals surface area contributed by atoms with E-state index in [1.165, 1.54) is 17.8 Å². The summed E-state index contributed by atoms with van der Waals surface area (Å²) in [5.41, 5.74) is 0.783. The first-order chi connectivity index (χ1) is 7.22. The zero-order chi connectivity index (χ0) is 11.3. The predicted octanol–water partition coefficient (Wildman–Crippen LogP) is 2.96. The summed E-state index contributed by atoms with van der Waals surface area (Å²) in [7, 11) is 1.69. The Hall–Kier alpha value is -1.03. The number of halogens is 1. The van der Waals surface area contributed by atoms with Crippen LogP contribution in [-0.4, -0.2) is 25.0 Å². The normalized spacial score (nSPS) is 11.6. The molecule has 0 amide bonds. The van der Waals surface area contributed by atoms with E-state index in [9.17, 15) is 4.39 Å². The van der Waals surface area contributed by atoms with Crippen LogP contribution in [0.15, 0.2) is 23.2 Å². The van der Waals surface area contributed by atoms with Crippen molar-refractivity contribution < 1.29 is 9.13 Å². The molecule has 0 aliphatic heterocycles. The Kier molecular flexibility index (Phi) is 4.62. The van der Waals surface area contributed by atoms with E-state index in [-0.39, 0.29) is 11.6 Å². The number of rotatable bonds is 3. The fourth-order valence-corrected chi connectivity index (χ4v) is 1.79. The van der Waals surface area contributed by atoms with Crippen LogP contribution in [0.2, 0.25) is 0 Å². The van der Waals surface area contributed by atoms with Crippen LogP contribution in [0.5, 0.6) is 5.75 Å². The summed E-state index contributed by atoms with van der Waals surface area (Å²) in [6.45, 7) is 2.29. The van der Waals surface area contributed by atoms with Gasteiger partial charge in [0.25, 0.3) is 0 Å². The van der Waals surface area contributed by atoms with Gasteiger partial charge in [0.15, 0.2) is 11.6 Å². The Balaban J connectivity index is 3.00. The first-order valence-electron chi connectivity index (χ1n) is 4.66. The molecule has 0 aromatic heterocycles. The molecule has 0 aliphatic carbocycles. The lowest BCUT2D eigenvalue weighted by Crippen LogP contribution is -1.99. The molecule has 0 unspecified atom stereocenters. The highest BCUT2D eigenvalue weighted by molar-refractivity contribution is 8.13. The van der Waals surface area contributed by atoms with Crippen LogP contribution in [0.1, 0.15) is 12.5 Å². The van der Waals surface area contributed by atoms with Crippen molar-refractivity contribution in [1.29, 1.82) is 0 Å². The van der Waals surface area contributed by atoms with Crippen molar-refractivity contribution in [3.63, 3.8) is 0 Å². The smallest absolute Gasteiger partial charge is 0.165 e. The largest absolute Gasteiger partial charge is 0.491 e. The maximum absolute atomic E-state index is 13.5. The summed E-state index contributed by atoms with van der Waals surface area (Å²) in [5.74, 6) is -0.0534. The van der Waals surface area contributed by atoms with Crippen molar-refractivity contribution in [1.82, 2.24) is 0 Å². The SMILES string of the molecule is CCOc1ccc(C(=NC)SC)cc1F. The fourth-order valence-electron chi connectivity index (χ4n) is 1.24. The molecule has 1 aromatic carbocycles. The molecule has 1 rings (SSSR count). The van der Waals surface area contributed by atoms with Crippen molar-refractivity contribution in [3.05, 3.63) is 29.6 Å². The average molecular weight is 227 g/mol. The van der Waals surface area contributed by atoms with Gasteiger partial charge in [-0.2, -0.15) is 0 Å². The summed E-state index contributed by atoms with van der Waals surface area (Å²) in [6.07, 6.45) is 1.91. The highest BCUT2D eigenvalue weighted by Crippen LogP contribution is 2.20. The maximum Gasteiger partial charge on any atom is 0.165 e. The van der Waals surface area contributed by atoms with Crippen molar-refractivity contribution in [3.8, 4) is 5.75 Å². The molecule has 0 heterocycles. The van der Waals surface area contributed by atoms with E-state index in [1.54, 1.807) is 13.1 Å². The minimum absolute atomic E-state index is 0.290. The monoisotopic (exact) mass is 227 g/mol. The predicted molar refractivity (Wildman–Crippen MR) is 63.5 cm³/mol. The third-order valence-electron chi connectivity index (χ3n) is 1.88. The Morgan fingerprint density at radius 1 is 1.53 bits per heavy atom. The van der Waals surface area contributed by atoms with Gasteiger partial charge in [0.2, 0.25) is 0 Å². The number of aliphatic imine (C=N–C) groups is 1. The first kappa shape index (κ1) is 12.0. The molecule has 0 N–H and O–H groups in total. The zero-order valence-corrected chi connectivity index (χ0v) is 9.90. The number of nitrogens with zero attached hydrogens (tertiary/aromatic N) is 1. The van der Waals surface area contributed by atoms with Crippen LogP contribution in [0.4, 0.5) is 4.39 Å². The van der Waals surface area contributed by atoms with Crippen LogP contribution in [0.3, 0.4) is 0 Å². The molecule has 2 nitrogen and oxygen atoms in total. The summed E-state index contributed by atoms with van der Waals surface area (Å²) in [4.78, 5) is 4.07. The lowest BCUT2D eigenvalue weighted by atomic mass is 10.2. The molecule has 4 heteroatoms. The molecule has 82 valence electrons. The minimum atomic E-state index is -0.343. The molecule has 0 spiro atoms. The second-order valence-electron chi connectivity index (χ2n) is 2.81. The van der Waals surface area contributed by atoms with Crippen LogP contribution >= 0.6 is 11.8 Å². The Bertz CT molecular complexity index is 366. The van der Waals surface area contributed by atoms with Crippen LogP contribution in [0.25, 0.3) is 0 Å². The number of hydrogen-bond donors (Lipinski definition) is 0. The number of benzene rings is 1. The molecule has 0 bridgehead atoms. The van der Waals surface area contributed by atoms with Crippen LogP contribution < -0.4 is 4.74 Å².